The zero-order valence-corrected chi connectivity index (χ0v) is 10.1. The summed E-state index contributed by atoms with van der Waals surface area (Å²) in [7, 11) is 0. The van der Waals surface area contributed by atoms with Crippen LogP contribution in [0.2, 0.25) is 0 Å². The molecule has 1 aromatic carbocycles. The van der Waals surface area contributed by atoms with Crippen LogP contribution in [0.3, 0.4) is 0 Å². The molecule has 0 spiro atoms. The lowest BCUT2D eigenvalue weighted by atomic mass is 10.1. The van der Waals surface area contributed by atoms with E-state index in [0.717, 1.165) is 23.9 Å². The van der Waals surface area contributed by atoms with E-state index in [1.807, 2.05) is 4.57 Å². The van der Waals surface area contributed by atoms with Crippen molar-refractivity contribution in [1.29, 1.82) is 0 Å². The molecule has 0 radical (unpaired) electrons. The zero-order chi connectivity index (χ0) is 12.4. The Morgan fingerprint density at radius 3 is 2.94 bits per heavy atom. The van der Waals surface area contributed by atoms with Crippen molar-refractivity contribution in [2.45, 2.75) is 32.7 Å². The highest BCUT2D eigenvalue weighted by atomic mass is 16.4. The maximum absolute atomic E-state index is 10.9. The van der Waals surface area contributed by atoms with Gasteiger partial charge in [0.2, 0.25) is 0 Å². The van der Waals surface area contributed by atoms with Crippen LogP contribution in [0.4, 0.5) is 0 Å². The maximum atomic E-state index is 10.9. The topological polar surface area (TPSA) is 55.1 Å². The van der Waals surface area contributed by atoms with Gasteiger partial charge in [0.05, 0.1) is 22.9 Å². The largest absolute Gasteiger partial charge is 0.478 e. The molecule has 2 rings (SSSR count). The van der Waals surface area contributed by atoms with E-state index in [9.17, 15) is 4.79 Å². The second-order valence-electron chi connectivity index (χ2n) is 4.30. The minimum absolute atomic E-state index is 0.308. The van der Waals surface area contributed by atoms with Crippen LogP contribution in [0.15, 0.2) is 24.5 Å². The summed E-state index contributed by atoms with van der Waals surface area (Å²) in [6, 6.07) is 5.38. The van der Waals surface area contributed by atoms with E-state index in [0.29, 0.717) is 11.6 Å². The molecule has 1 atom stereocenters. The average molecular weight is 232 g/mol. The van der Waals surface area contributed by atoms with Gasteiger partial charge in [-0.1, -0.05) is 13.3 Å². The van der Waals surface area contributed by atoms with Crippen LogP contribution >= 0.6 is 0 Å². The van der Waals surface area contributed by atoms with Crippen LogP contribution in [0.5, 0.6) is 0 Å². The van der Waals surface area contributed by atoms with Crippen LogP contribution < -0.4 is 0 Å². The number of carboxylic acids is 1. The van der Waals surface area contributed by atoms with Gasteiger partial charge in [0.25, 0.3) is 0 Å². The van der Waals surface area contributed by atoms with E-state index < -0.39 is 5.97 Å². The van der Waals surface area contributed by atoms with Crippen LogP contribution in [0.1, 0.15) is 43.1 Å². The van der Waals surface area contributed by atoms with Crippen molar-refractivity contribution < 1.29 is 9.90 Å². The number of aromatic nitrogens is 2. The number of hydrogen-bond donors (Lipinski definition) is 1. The molecular weight excluding hydrogens is 216 g/mol. The van der Waals surface area contributed by atoms with E-state index in [1.54, 1.807) is 24.5 Å². The third-order valence-corrected chi connectivity index (χ3v) is 3.00. The van der Waals surface area contributed by atoms with Crippen molar-refractivity contribution in [1.82, 2.24) is 9.55 Å². The highest BCUT2D eigenvalue weighted by Crippen LogP contribution is 2.21. The fourth-order valence-electron chi connectivity index (χ4n) is 2.07. The summed E-state index contributed by atoms with van der Waals surface area (Å²) in [5.74, 6) is -0.900. The zero-order valence-electron chi connectivity index (χ0n) is 10.1. The predicted molar refractivity (Wildman–Crippen MR) is 66.3 cm³/mol. The molecule has 1 heterocycles. The third kappa shape index (κ3) is 2.16. The molecule has 17 heavy (non-hydrogen) atoms. The maximum Gasteiger partial charge on any atom is 0.335 e. The second-order valence-corrected chi connectivity index (χ2v) is 4.30. The average Bonchev–Trinajstić information content (AvgIpc) is 2.71. The number of benzene rings is 1. The molecule has 2 aromatic rings. The van der Waals surface area contributed by atoms with Crippen LogP contribution in [0, 0.1) is 0 Å². The summed E-state index contributed by atoms with van der Waals surface area (Å²) in [4.78, 5) is 15.2. The molecule has 0 aliphatic carbocycles. The van der Waals surface area contributed by atoms with Crippen LogP contribution in [-0.2, 0) is 0 Å². The first-order chi connectivity index (χ1) is 8.13. The van der Waals surface area contributed by atoms with Gasteiger partial charge in [-0.25, -0.2) is 9.78 Å². The van der Waals surface area contributed by atoms with Crippen molar-refractivity contribution in [3.63, 3.8) is 0 Å². The molecule has 1 aromatic heterocycles. The summed E-state index contributed by atoms with van der Waals surface area (Å²) in [5, 5.41) is 8.98. The number of imidazole rings is 1. The van der Waals surface area contributed by atoms with Crippen LogP contribution in [-0.4, -0.2) is 20.6 Å². The third-order valence-electron chi connectivity index (χ3n) is 3.00. The number of aromatic carboxylic acids is 1. The highest BCUT2D eigenvalue weighted by Gasteiger charge is 2.11. The Balaban J connectivity index is 2.50. The predicted octanol–water partition coefficient (Wildman–Crippen LogP) is 3.10. The number of fused-ring (bicyclic) bond motifs is 1. The summed E-state index contributed by atoms with van der Waals surface area (Å²) in [6.07, 6.45) is 3.94. The molecule has 1 N–H and O–H groups in total. The molecule has 0 bridgehead atoms. The van der Waals surface area contributed by atoms with Crippen molar-refractivity contribution in [3.8, 4) is 0 Å². The molecule has 0 saturated carbocycles. The Hall–Kier alpha value is -1.84. The summed E-state index contributed by atoms with van der Waals surface area (Å²) in [6.45, 7) is 4.26. The summed E-state index contributed by atoms with van der Waals surface area (Å²) < 4.78 is 2.05. The standard InChI is InChI=1S/C13H16N2O2/c1-3-4-9(2)15-8-14-11-6-5-10(13(16)17)7-12(11)15/h5-9H,3-4H2,1-2H3,(H,16,17). The van der Waals surface area contributed by atoms with Gasteiger partial charge in [0.1, 0.15) is 0 Å². The number of carbonyl (C=O) groups is 1. The van der Waals surface area contributed by atoms with Crippen LogP contribution in [0.25, 0.3) is 11.0 Å². The normalized spacial score (nSPS) is 12.8. The van der Waals surface area contributed by atoms with Gasteiger partial charge in [0, 0.05) is 6.04 Å². The molecule has 90 valence electrons. The van der Waals surface area contributed by atoms with E-state index in [-0.39, 0.29) is 0 Å². The Bertz CT molecular complexity index is 545. The van der Waals surface area contributed by atoms with Gasteiger partial charge in [-0.2, -0.15) is 0 Å². The van der Waals surface area contributed by atoms with Crippen molar-refractivity contribution in [2.24, 2.45) is 0 Å². The fourth-order valence-corrected chi connectivity index (χ4v) is 2.07. The quantitative estimate of drug-likeness (QED) is 0.881. The van der Waals surface area contributed by atoms with E-state index in [2.05, 4.69) is 18.8 Å². The lowest BCUT2D eigenvalue weighted by molar-refractivity contribution is 0.0697. The van der Waals surface area contributed by atoms with Gasteiger partial charge in [-0.05, 0) is 31.5 Å². The smallest absolute Gasteiger partial charge is 0.335 e. The summed E-state index contributed by atoms with van der Waals surface area (Å²) >= 11 is 0. The van der Waals surface area contributed by atoms with Gasteiger partial charge >= 0.3 is 5.97 Å². The number of nitrogens with zero attached hydrogens (tertiary/aromatic N) is 2. The van der Waals surface area contributed by atoms with Crippen molar-refractivity contribution >= 4 is 17.0 Å². The Kier molecular flexibility index (Phi) is 3.13. The molecule has 0 amide bonds. The fraction of sp³-hybridized carbons (Fsp3) is 0.385. The Labute approximate surface area is 99.9 Å². The highest BCUT2D eigenvalue weighted by molar-refractivity contribution is 5.92. The first kappa shape index (κ1) is 11.6. The number of carboxylic acid groups (broad SMARTS) is 1. The number of rotatable bonds is 4. The Morgan fingerprint density at radius 2 is 2.29 bits per heavy atom. The van der Waals surface area contributed by atoms with E-state index in [4.69, 9.17) is 5.11 Å². The first-order valence-electron chi connectivity index (χ1n) is 5.83. The lowest BCUT2D eigenvalue weighted by Gasteiger charge is -2.13. The molecule has 0 aliphatic rings. The van der Waals surface area contributed by atoms with Gasteiger partial charge in [0.15, 0.2) is 0 Å². The van der Waals surface area contributed by atoms with E-state index in [1.165, 1.54) is 0 Å². The molecule has 0 saturated heterocycles. The summed E-state index contributed by atoms with van der Waals surface area (Å²) in [5.41, 5.74) is 2.05. The SMILES string of the molecule is CCCC(C)n1cnc2ccc(C(=O)O)cc21. The molecule has 4 heteroatoms. The molecule has 0 fully saturated rings. The molecule has 1 unspecified atom stereocenters. The molecule has 4 nitrogen and oxygen atoms in total. The van der Waals surface area contributed by atoms with Gasteiger partial charge < -0.3 is 9.67 Å². The first-order valence-corrected chi connectivity index (χ1v) is 5.83. The van der Waals surface area contributed by atoms with Gasteiger partial charge in [-0.15, -0.1) is 0 Å². The second kappa shape index (κ2) is 4.57. The molecular formula is C13H16N2O2. The number of hydrogen-bond acceptors (Lipinski definition) is 2. The monoisotopic (exact) mass is 232 g/mol. The Morgan fingerprint density at radius 1 is 1.53 bits per heavy atom. The van der Waals surface area contributed by atoms with Gasteiger partial charge in [-0.3, -0.25) is 0 Å². The minimum atomic E-state index is -0.900. The van der Waals surface area contributed by atoms with E-state index >= 15 is 0 Å². The lowest BCUT2D eigenvalue weighted by Crippen LogP contribution is -2.04. The molecule has 0 aliphatic heterocycles. The van der Waals surface area contributed by atoms with Crippen molar-refractivity contribution in [2.75, 3.05) is 0 Å². The minimum Gasteiger partial charge on any atom is -0.478 e. The van der Waals surface area contributed by atoms with Crippen molar-refractivity contribution in [3.05, 3.63) is 30.1 Å².